The van der Waals surface area contributed by atoms with Crippen molar-refractivity contribution in [2.24, 2.45) is 7.05 Å². The zero-order valence-corrected chi connectivity index (χ0v) is 31.1. The van der Waals surface area contributed by atoms with Crippen molar-refractivity contribution in [1.29, 1.82) is 0 Å². The van der Waals surface area contributed by atoms with Crippen LogP contribution >= 0.6 is 0 Å². The Morgan fingerprint density at radius 3 is 1.80 bits per heavy atom. The molecule has 0 atom stereocenters. The fourth-order valence-corrected chi connectivity index (χ4v) is 8.07. The quantitative estimate of drug-likeness (QED) is 0.145. The zero-order chi connectivity index (χ0) is 34.9. The average molecular weight is 840 g/mol. The maximum atomic E-state index is 4.83. The Morgan fingerprint density at radius 2 is 1.14 bits per heavy atom. The molecule has 6 heteroatoms. The minimum atomic E-state index is -0.0954. The van der Waals surface area contributed by atoms with Crippen molar-refractivity contribution in [1.82, 2.24) is 14.1 Å². The first-order chi connectivity index (χ1) is 25.0. The predicted octanol–water partition coefficient (Wildman–Crippen LogP) is 8.03. The predicted molar refractivity (Wildman–Crippen MR) is 211 cm³/mol. The van der Waals surface area contributed by atoms with Crippen LogP contribution in [0.4, 0.5) is 5.69 Å². The van der Waals surface area contributed by atoms with Gasteiger partial charge in [-0.2, -0.15) is 0 Å². The van der Waals surface area contributed by atoms with Crippen LogP contribution in [0.3, 0.4) is 0 Å². The molecule has 8 aromatic rings. The third-order valence-electron chi connectivity index (χ3n) is 9.71. The van der Waals surface area contributed by atoms with E-state index in [4.69, 9.17) is 4.98 Å². The number of aryl methyl sites for hydroxylation is 1. The molecule has 2 heterocycles. The van der Waals surface area contributed by atoms with Crippen molar-refractivity contribution in [2.75, 3.05) is 19.0 Å². The van der Waals surface area contributed by atoms with E-state index in [0.29, 0.717) is 0 Å². The van der Waals surface area contributed by atoms with E-state index < -0.39 is 0 Å². The van der Waals surface area contributed by atoms with Crippen LogP contribution in [-0.2, 0) is 26.4 Å². The van der Waals surface area contributed by atoms with Gasteiger partial charge in [-0.05, 0) is 6.07 Å². The van der Waals surface area contributed by atoms with Crippen LogP contribution in [0.25, 0.3) is 50.2 Å². The molecule has 4 nitrogen and oxygen atoms in total. The summed E-state index contributed by atoms with van der Waals surface area (Å²) in [4.78, 5) is 6.95. The molecular weight excluding hydrogens is 802 g/mol. The van der Waals surface area contributed by atoms with Gasteiger partial charge in [-0.25, -0.2) is 0 Å². The molecule has 0 bridgehead atoms. The summed E-state index contributed by atoms with van der Waals surface area (Å²) in [5.41, 5.74) is 15.2. The van der Waals surface area contributed by atoms with Crippen LogP contribution in [0.1, 0.15) is 0 Å². The van der Waals surface area contributed by atoms with E-state index >= 15 is 0 Å². The van der Waals surface area contributed by atoms with Crippen LogP contribution in [-0.4, -0.2) is 34.9 Å². The molecule has 0 aliphatic heterocycles. The third kappa shape index (κ3) is 6.24. The monoisotopic (exact) mass is 839 g/mol. The van der Waals surface area contributed by atoms with Gasteiger partial charge in [-0.3, -0.25) is 0 Å². The van der Waals surface area contributed by atoms with Crippen molar-refractivity contribution >= 4 is 39.8 Å². The topological polar surface area (TPSA) is 26.0 Å². The molecule has 0 saturated carbocycles. The Morgan fingerprint density at radius 1 is 0.569 bits per heavy atom. The van der Waals surface area contributed by atoms with Crippen molar-refractivity contribution in [3.05, 3.63) is 174 Å². The summed E-state index contributed by atoms with van der Waals surface area (Å²) in [6.07, 6.45) is 1.90. The van der Waals surface area contributed by atoms with E-state index in [0.717, 1.165) is 26.4 Å². The molecule has 0 saturated heterocycles. The molecule has 0 aliphatic carbocycles. The standard InChI is InChI=1S/C45H37BN4.Pt/c1-48(2)38-27-28-47-42(31-38)35-19-12-20-36(29-35)46(37-21-13-22-39(30-37)50-32-49(3)43-25-10-11-26-44(43)50)45-40(33-15-6-4-7-16-33)23-14-24-41(45)34-17-8-5-9-18-34;/h4-31H,1-3H3;. The van der Waals surface area contributed by atoms with Crippen LogP contribution in [0.15, 0.2) is 170 Å². The van der Waals surface area contributed by atoms with Crippen LogP contribution < -0.4 is 21.3 Å². The molecule has 51 heavy (non-hydrogen) atoms. The van der Waals surface area contributed by atoms with Crippen LogP contribution in [0, 0.1) is 3.80 Å². The molecule has 0 unspecified atom stereocenters. The second kappa shape index (κ2) is 14.0. The van der Waals surface area contributed by atoms with E-state index in [-0.39, 0.29) is 6.71 Å². The van der Waals surface area contributed by atoms with Gasteiger partial charge in [0.25, 0.3) is 0 Å². The Hall–Kier alpha value is -5.51. The number of imidazole rings is 1. The van der Waals surface area contributed by atoms with Crippen molar-refractivity contribution in [3.8, 4) is 39.2 Å². The van der Waals surface area contributed by atoms with E-state index in [2.05, 4.69) is 218 Å². The first-order valence-electron chi connectivity index (χ1n) is 17.2. The Balaban J connectivity index is 1.42. The Bertz CT molecular complexity index is 2500. The van der Waals surface area contributed by atoms with E-state index in [1.165, 1.54) is 49.7 Å². The van der Waals surface area contributed by atoms with Gasteiger partial charge in [0.2, 0.25) is 0 Å². The average Bonchev–Trinajstić information content (AvgIpc) is 3.44. The van der Waals surface area contributed by atoms with E-state index in [1.54, 1.807) is 0 Å². The Labute approximate surface area is 310 Å². The maximum absolute atomic E-state index is 4.83. The number of nitrogens with zero attached hydrogens (tertiary/aromatic N) is 4. The summed E-state index contributed by atoms with van der Waals surface area (Å²) in [5, 5.41) is 0. The number of pyridine rings is 1. The van der Waals surface area contributed by atoms with Crippen molar-refractivity contribution in [2.45, 2.75) is 0 Å². The van der Waals surface area contributed by atoms with Gasteiger partial charge in [-0.1, -0.05) is 0 Å². The van der Waals surface area contributed by atoms with Crippen molar-refractivity contribution in [3.63, 3.8) is 0 Å². The number of hydrogen-bond acceptors (Lipinski definition) is 2. The molecule has 0 amide bonds. The summed E-state index contributed by atoms with van der Waals surface area (Å²) >= 11 is 2.45. The minimum absolute atomic E-state index is 0.0954. The third-order valence-corrected chi connectivity index (χ3v) is 11.0. The van der Waals surface area contributed by atoms with Gasteiger partial charge in [0.15, 0.2) is 0 Å². The number of benzene rings is 6. The summed E-state index contributed by atoms with van der Waals surface area (Å²) in [7, 11) is 6.28. The summed E-state index contributed by atoms with van der Waals surface area (Å²) in [5.74, 6) is 0. The van der Waals surface area contributed by atoms with Gasteiger partial charge >= 0.3 is 287 Å². The number of hydrogen-bond donors (Lipinski definition) is 0. The summed E-state index contributed by atoms with van der Waals surface area (Å²) in [6, 6.07) is 59.3. The Kier molecular flexibility index (Phi) is 8.98. The van der Waals surface area contributed by atoms with Gasteiger partial charge < -0.3 is 4.90 Å². The number of para-hydroxylation sites is 2. The van der Waals surface area contributed by atoms with Crippen LogP contribution in [0.2, 0.25) is 0 Å². The molecule has 0 spiro atoms. The molecule has 6 aromatic carbocycles. The van der Waals surface area contributed by atoms with Crippen molar-refractivity contribution < 1.29 is 19.4 Å². The molecule has 0 aliphatic rings. The second-order valence-corrected chi connectivity index (χ2v) is 14.1. The van der Waals surface area contributed by atoms with Gasteiger partial charge in [0.05, 0.1) is 0 Å². The molecule has 0 fully saturated rings. The fourth-order valence-electron chi connectivity index (χ4n) is 7.23. The normalized spacial score (nSPS) is 11.2. The second-order valence-electron chi connectivity index (χ2n) is 13.1. The molecule has 250 valence electrons. The summed E-state index contributed by atoms with van der Waals surface area (Å²) in [6.45, 7) is -0.0954. The zero-order valence-electron chi connectivity index (χ0n) is 28.8. The first kappa shape index (κ1) is 32.7. The van der Waals surface area contributed by atoms with Gasteiger partial charge in [-0.15, -0.1) is 0 Å². The molecule has 0 N–H and O–H groups in total. The first-order valence-corrected chi connectivity index (χ1v) is 18.3. The summed E-state index contributed by atoms with van der Waals surface area (Å²) < 4.78 is 5.77. The molecule has 0 radical (unpaired) electrons. The van der Waals surface area contributed by atoms with E-state index in [9.17, 15) is 0 Å². The fraction of sp³-hybridized carbons (Fsp3) is 0.0667. The van der Waals surface area contributed by atoms with Gasteiger partial charge in [0, 0.05) is 14.1 Å². The van der Waals surface area contributed by atoms with Crippen LogP contribution in [0.5, 0.6) is 0 Å². The van der Waals surface area contributed by atoms with Gasteiger partial charge in [0.1, 0.15) is 0 Å². The van der Waals surface area contributed by atoms with E-state index in [1.807, 2.05) is 6.20 Å². The molecular formula is C45H37BN4Pt. The number of rotatable bonds is 8. The number of fused-ring (bicyclic) bond motifs is 1. The molecule has 2 aromatic heterocycles. The number of aromatic nitrogens is 3. The molecule has 8 rings (SSSR count). The SMILES string of the molecule is CN(C)c1ccnc(-c2cccc(B(c3cccc(-n4[c](=[Pt])n(C)c5ccccc54)c3)c3c(-c4ccccc4)cccc3-c3ccccc3)c2)c1. The number of anilines is 1.